The smallest absolute Gasteiger partial charge is 0.353 e. The van der Waals surface area contributed by atoms with Crippen LogP contribution in [-0.4, -0.2) is 36.5 Å². The van der Waals surface area contributed by atoms with E-state index in [9.17, 15) is 18.0 Å². The van der Waals surface area contributed by atoms with E-state index in [1.54, 1.807) is 6.07 Å². The maximum absolute atomic E-state index is 12.8. The summed E-state index contributed by atoms with van der Waals surface area (Å²) in [6, 6.07) is 5.66. The third-order valence-corrected chi connectivity index (χ3v) is 5.89. The number of carbonyl (C=O) groups is 1. The van der Waals surface area contributed by atoms with Crippen molar-refractivity contribution in [3.63, 3.8) is 0 Å². The van der Waals surface area contributed by atoms with Gasteiger partial charge in [-0.05, 0) is 49.8 Å². The Bertz CT molecular complexity index is 642. The Kier molecular flexibility index (Phi) is 6.42. The van der Waals surface area contributed by atoms with Crippen molar-refractivity contribution in [2.45, 2.75) is 50.9 Å². The van der Waals surface area contributed by atoms with Crippen LogP contribution >= 0.6 is 0 Å². The highest BCUT2D eigenvalue weighted by Crippen LogP contribution is 2.32. The molecule has 2 fully saturated rings. The third kappa shape index (κ3) is 5.23. The number of alkyl halides is 3. The van der Waals surface area contributed by atoms with E-state index in [4.69, 9.17) is 5.73 Å². The molecule has 0 spiro atoms. The van der Waals surface area contributed by atoms with Crippen LogP contribution in [0.1, 0.15) is 43.2 Å². The minimum absolute atomic E-state index is 0.0399. The molecule has 1 aromatic carbocycles. The van der Waals surface area contributed by atoms with Gasteiger partial charge in [0.15, 0.2) is 0 Å². The lowest BCUT2D eigenvalue weighted by Crippen LogP contribution is -2.47. The van der Waals surface area contributed by atoms with Crippen molar-refractivity contribution >= 4 is 5.91 Å². The van der Waals surface area contributed by atoms with E-state index in [0.717, 1.165) is 51.3 Å². The van der Waals surface area contributed by atoms with Gasteiger partial charge >= 0.3 is 6.18 Å². The number of carbonyl (C=O) groups excluding carboxylic acids is 1. The quantitative estimate of drug-likeness (QED) is 0.821. The molecule has 1 aliphatic heterocycles. The van der Waals surface area contributed by atoms with Gasteiger partial charge in [0.05, 0.1) is 5.56 Å². The van der Waals surface area contributed by atoms with Gasteiger partial charge in [-0.3, -0.25) is 9.69 Å². The minimum Gasteiger partial charge on any atom is -0.353 e. The van der Waals surface area contributed by atoms with Gasteiger partial charge < -0.3 is 11.1 Å². The Labute approximate surface area is 158 Å². The van der Waals surface area contributed by atoms with E-state index in [2.05, 4.69) is 10.2 Å². The second-order valence-corrected chi connectivity index (χ2v) is 7.79. The molecule has 1 heterocycles. The van der Waals surface area contributed by atoms with Crippen LogP contribution in [-0.2, 0) is 17.5 Å². The molecule has 27 heavy (non-hydrogen) atoms. The summed E-state index contributed by atoms with van der Waals surface area (Å²) < 4.78 is 38.5. The van der Waals surface area contributed by atoms with Crippen molar-refractivity contribution in [1.29, 1.82) is 0 Å². The summed E-state index contributed by atoms with van der Waals surface area (Å²) in [7, 11) is 0. The predicted octanol–water partition coefficient (Wildman–Crippen LogP) is 3.16. The summed E-state index contributed by atoms with van der Waals surface area (Å²) in [4.78, 5) is 14.6. The van der Waals surface area contributed by atoms with Crippen LogP contribution in [0.3, 0.4) is 0 Å². The first-order chi connectivity index (χ1) is 12.9. The number of nitrogens with two attached hydrogens (primary N) is 1. The van der Waals surface area contributed by atoms with Gasteiger partial charge in [-0.2, -0.15) is 13.2 Å². The number of halogens is 3. The summed E-state index contributed by atoms with van der Waals surface area (Å²) in [5.74, 6) is 0.461. The van der Waals surface area contributed by atoms with Crippen LogP contribution in [0.15, 0.2) is 24.3 Å². The van der Waals surface area contributed by atoms with E-state index in [0.29, 0.717) is 24.6 Å². The van der Waals surface area contributed by atoms with Crippen molar-refractivity contribution in [1.82, 2.24) is 10.2 Å². The molecular formula is C20H28F3N3O. The minimum atomic E-state index is -4.31. The molecule has 1 saturated heterocycles. The van der Waals surface area contributed by atoms with E-state index in [1.807, 2.05) is 0 Å². The SMILES string of the molecule is NC[C@H]1CCC[C@H]1C(=O)NC1CCN(Cc2cccc(C(F)(F)F)c2)CC1. The molecule has 0 unspecified atom stereocenters. The van der Waals surface area contributed by atoms with Gasteiger partial charge in [-0.25, -0.2) is 0 Å². The summed E-state index contributed by atoms with van der Waals surface area (Å²) in [5.41, 5.74) is 5.83. The second-order valence-electron chi connectivity index (χ2n) is 7.79. The van der Waals surface area contributed by atoms with Crippen LogP contribution in [0.5, 0.6) is 0 Å². The van der Waals surface area contributed by atoms with Crippen molar-refractivity contribution in [3.05, 3.63) is 35.4 Å². The molecule has 1 saturated carbocycles. The van der Waals surface area contributed by atoms with Gasteiger partial charge in [-0.15, -0.1) is 0 Å². The molecule has 2 atom stereocenters. The molecule has 4 nitrogen and oxygen atoms in total. The lowest BCUT2D eigenvalue weighted by Gasteiger charge is -2.33. The maximum Gasteiger partial charge on any atom is 0.416 e. The average Bonchev–Trinajstić information content (AvgIpc) is 3.12. The zero-order chi connectivity index (χ0) is 19.4. The van der Waals surface area contributed by atoms with Crippen LogP contribution < -0.4 is 11.1 Å². The summed E-state index contributed by atoms with van der Waals surface area (Å²) in [6.45, 7) is 2.61. The van der Waals surface area contributed by atoms with Crippen molar-refractivity contribution in [3.8, 4) is 0 Å². The van der Waals surface area contributed by atoms with Crippen LogP contribution in [0.2, 0.25) is 0 Å². The topological polar surface area (TPSA) is 58.4 Å². The molecule has 2 aliphatic rings. The number of rotatable bonds is 5. The van der Waals surface area contributed by atoms with Gasteiger partial charge in [0.25, 0.3) is 0 Å². The molecule has 150 valence electrons. The van der Waals surface area contributed by atoms with Crippen molar-refractivity contribution in [2.75, 3.05) is 19.6 Å². The Hall–Kier alpha value is -1.60. The molecule has 0 aromatic heterocycles. The number of benzene rings is 1. The maximum atomic E-state index is 12.8. The zero-order valence-electron chi connectivity index (χ0n) is 15.5. The Morgan fingerprint density at radius 2 is 1.93 bits per heavy atom. The molecule has 3 rings (SSSR count). The van der Waals surface area contributed by atoms with E-state index < -0.39 is 11.7 Å². The number of piperidine rings is 1. The predicted molar refractivity (Wildman–Crippen MR) is 97.8 cm³/mol. The number of hydrogen-bond acceptors (Lipinski definition) is 3. The third-order valence-electron chi connectivity index (χ3n) is 5.89. The van der Waals surface area contributed by atoms with Gasteiger partial charge in [0, 0.05) is 31.6 Å². The lowest BCUT2D eigenvalue weighted by molar-refractivity contribution is -0.137. The Balaban J connectivity index is 1.47. The molecule has 0 bridgehead atoms. The fraction of sp³-hybridized carbons (Fsp3) is 0.650. The second kappa shape index (κ2) is 8.61. The number of nitrogens with zero attached hydrogens (tertiary/aromatic N) is 1. The molecule has 3 N–H and O–H groups in total. The van der Waals surface area contributed by atoms with Gasteiger partial charge in [0.1, 0.15) is 0 Å². The average molecular weight is 383 g/mol. The normalized spacial score (nSPS) is 24.9. The molecule has 1 aliphatic carbocycles. The summed E-state index contributed by atoms with van der Waals surface area (Å²) in [6.07, 6.45) is 0.353. The summed E-state index contributed by atoms with van der Waals surface area (Å²) >= 11 is 0. The zero-order valence-corrected chi connectivity index (χ0v) is 15.5. The number of hydrogen-bond donors (Lipinski definition) is 2. The number of nitrogens with one attached hydrogen (secondary N) is 1. The molecule has 0 radical (unpaired) electrons. The Morgan fingerprint density at radius 3 is 2.59 bits per heavy atom. The highest BCUT2D eigenvalue weighted by Gasteiger charge is 2.33. The lowest BCUT2D eigenvalue weighted by atomic mass is 9.94. The van der Waals surface area contributed by atoms with Crippen LogP contribution in [0, 0.1) is 11.8 Å². The highest BCUT2D eigenvalue weighted by molar-refractivity contribution is 5.79. The highest BCUT2D eigenvalue weighted by atomic mass is 19.4. The standard InChI is InChI=1S/C20H28F3N3O/c21-20(22,23)16-5-1-3-14(11-16)13-26-9-7-17(8-10-26)25-19(27)18-6-2-4-15(18)12-24/h1,3,5,11,15,17-18H,2,4,6-10,12-13,24H2,(H,25,27)/t15-,18-/m1/s1. The number of likely N-dealkylation sites (tertiary alicyclic amines) is 1. The van der Waals surface area contributed by atoms with E-state index >= 15 is 0 Å². The van der Waals surface area contributed by atoms with E-state index in [-0.39, 0.29) is 17.9 Å². The molecule has 1 aromatic rings. The fourth-order valence-electron chi connectivity index (χ4n) is 4.31. The molecule has 7 heteroatoms. The van der Waals surface area contributed by atoms with Crippen molar-refractivity contribution < 1.29 is 18.0 Å². The molecule has 1 amide bonds. The van der Waals surface area contributed by atoms with Gasteiger partial charge in [0.2, 0.25) is 5.91 Å². The largest absolute Gasteiger partial charge is 0.416 e. The van der Waals surface area contributed by atoms with Gasteiger partial charge in [-0.1, -0.05) is 24.6 Å². The monoisotopic (exact) mass is 383 g/mol. The van der Waals surface area contributed by atoms with Crippen LogP contribution in [0.4, 0.5) is 13.2 Å². The van der Waals surface area contributed by atoms with Crippen molar-refractivity contribution in [2.24, 2.45) is 17.6 Å². The first-order valence-corrected chi connectivity index (χ1v) is 9.75. The Morgan fingerprint density at radius 1 is 1.19 bits per heavy atom. The number of amides is 1. The first kappa shape index (κ1) is 20.1. The van der Waals surface area contributed by atoms with E-state index in [1.165, 1.54) is 12.1 Å². The fourth-order valence-corrected chi connectivity index (χ4v) is 4.31. The summed E-state index contributed by atoms with van der Waals surface area (Å²) in [5, 5.41) is 3.17. The van der Waals surface area contributed by atoms with Crippen LogP contribution in [0.25, 0.3) is 0 Å². The molecular weight excluding hydrogens is 355 g/mol. The first-order valence-electron chi connectivity index (χ1n) is 9.75.